The Bertz CT molecular complexity index is 592. The van der Waals surface area contributed by atoms with Gasteiger partial charge in [0, 0.05) is 18.8 Å². The summed E-state index contributed by atoms with van der Waals surface area (Å²) in [4.78, 5) is 15.6. The number of carbonyl (C=O) groups excluding carboxylic acids is 1. The second kappa shape index (κ2) is 5.45. The zero-order valence-electron chi connectivity index (χ0n) is 12.4. The van der Waals surface area contributed by atoms with Gasteiger partial charge in [0.1, 0.15) is 5.69 Å². The molecule has 104 valence electrons. The molecular weight excluding hydrogens is 248 g/mol. The van der Waals surface area contributed by atoms with E-state index in [9.17, 15) is 4.79 Å². The minimum Gasteiger partial charge on any atom is -0.354 e. The third-order valence-electron chi connectivity index (χ3n) is 3.31. The summed E-state index contributed by atoms with van der Waals surface area (Å²) in [6.07, 6.45) is 1.73. The Labute approximate surface area is 120 Å². The lowest BCUT2D eigenvalue weighted by atomic mass is 9.86. The Hall–Kier alpha value is -2.16. The number of aromatic nitrogens is 1. The molecule has 0 bridgehead atoms. The monoisotopic (exact) mass is 268 g/mol. The molecule has 0 saturated heterocycles. The standard InChI is InChI=1S/C17H20N2O/c1-17(2,3)14-8-5-12(6-9-14)13-7-10-15(19-11-13)16(20)18-4/h5-11H,1-4H3,(H,18,20). The molecule has 1 aromatic carbocycles. The molecule has 0 atom stereocenters. The van der Waals surface area contributed by atoms with Crippen LogP contribution < -0.4 is 5.32 Å². The van der Waals surface area contributed by atoms with E-state index in [4.69, 9.17) is 0 Å². The van der Waals surface area contributed by atoms with Gasteiger partial charge in [0.2, 0.25) is 0 Å². The summed E-state index contributed by atoms with van der Waals surface area (Å²) >= 11 is 0. The van der Waals surface area contributed by atoms with Crippen molar-refractivity contribution in [3.63, 3.8) is 0 Å². The Morgan fingerprint density at radius 1 is 1.00 bits per heavy atom. The number of nitrogens with one attached hydrogen (secondary N) is 1. The summed E-state index contributed by atoms with van der Waals surface area (Å²) in [6.45, 7) is 6.59. The van der Waals surface area contributed by atoms with Gasteiger partial charge in [0.15, 0.2) is 0 Å². The number of rotatable bonds is 2. The van der Waals surface area contributed by atoms with Crippen LogP contribution >= 0.6 is 0 Å². The molecule has 1 N–H and O–H groups in total. The molecule has 0 aliphatic rings. The fourth-order valence-corrected chi connectivity index (χ4v) is 1.99. The lowest BCUT2D eigenvalue weighted by molar-refractivity contribution is 0.0958. The van der Waals surface area contributed by atoms with E-state index >= 15 is 0 Å². The van der Waals surface area contributed by atoms with Crippen molar-refractivity contribution in [3.05, 3.63) is 53.9 Å². The molecule has 3 nitrogen and oxygen atoms in total. The first-order valence-electron chi connectivity index (χ1n) is 6.71. The van der Waals surface area contributed by atoms with Crippen molar-refractivity contribution in [1.82, 2.24) is 10.3 Å². The van der Waals surface area contributed by atoms with E-state index in [0.29, 0.717) is 5.69 Å². The van der Waals surface area contributed by atoms with Crippen LogP contribution in [-0.2, 0) is 5.41 Å². The highest BCUT2D eigenvalue weighted by Gasteiger charge is 2.13. The smallest absolute Gasteiger partial charge is 0.269 e. The Morgan fingerprint density at radius 2 is 1.60 bits per heavy atom. The third-order valence-corrected chi connectivity index (χ3v) is 3.31. The Balaban J connectivity index is 2.26. The zero-order chi connectivity index (χ0) is 14.8. The highest BCUT2D eigenvalue weighted by molar-refractivity contribution is 5.92. The lowest BCUT2D eigenvalue weighted by Crippen LogP contribution is -2.18. The summed E-state index contributed by atoms with van der Waals surface area (Å²) in [5.74, 6) is -0.167. The van der Waals surface area contributed by atoms with Gasteiger partial charge >= 0.3 is 0 Å². The van der Waals surface area contributed by atoms with Crippen LogP contribution in [0.3, 0.4) is 0 Å². The van der Waals surface area contributed by atoms with Crippen LogP contribution in [0.1, 0.15) is 36.8 Å². The normalized spacial score (nSPS) is 11.2. The van der Waals surface area contributed by atoms with Crippen molar-refractivity contribution in [3.8, 4) is 11.1 Å². The van der Waals surface area contributed by atoms with Crippen molar-refractivity contribution in [2.24, 2.45) is 0 Å². The second-order valence-electron chi connectivity index (χ2n) is 5.84. The first kappa shape index (κ1) is 14.3. The van der Waals surface area contributed by atoms with E-state index in [1.807, 2.05) is 6.07 Å². The number of amides is 1. The largest absolute Gasteiger partial charge is 0.354 e. The molecule has 2 rings (SSSR count). The van der Waals surface area contributed by atoms with E-state index in [1.54, 1.807) is 19.3 Å². The molecule has 2 aromatic rings. The van der Waals surface area contributed by atoms with Gasteiger partial charge in [-0.05, 0) is 22.6 Å². The van der Waals surface area contributed by atoms with Crippen molar-refractivity contribution >= 4 is 5.91 Å². The highest BCUT2D eigenvalue weighted by atomic mass is 16.1. The molecule has 20 heavy (non-hydrogen) atoms. The molecular formula is C17H20N2O. The van der Waals surface area contributed by atoms with Crippen LogP contribution in [0.5, 0.6) is 0 Å². The lowest BCUT2D eigenvalue weighted by Gasteiger charge is -2.19. The average Bonchev–Trinajstić information content (AvgIpc) is 2.46. The van der Waals surface area contributed by atoms with Gasteiger partial charge in [-0.25, -0.2) is 0 Å². The molecule has 0 radical (unpaired) electrons. The van der Waals surface area contributed by atoms with Crippen LogP contribution in [0, 0.1) is 0 Å². The predicted molar refractivity (Wildman–Crippen MR) is 81.8 cm³/mol. The van der Waals surface area contributed by atoms with E-state index in [-0.39, 0.29) is 11.3 Å². The van der Waals surface area contributed by atoms with Crippen LogP contribution in [0.25, 0.3) is 11.1 Å². The molecule has 0 saturated carbocycles. The number of pyridine rings is 1. The van der Waals surface area contributed by atoms with Crippen LogP contribution in [0.2, 0.25) is 0 Å². The van der Waals surface area contributed by atoms with Gasteiger partial charge in [0.05, 0.1) is 0 Å². The van der Waals surface area contributed by atoms with E-state index in [1.165, 1.54) is 5.56 Å². The molecule has 0 unspecified atom stereocenters. The van der Waals surface area contributed by atoms with Gasteiger partial charge in [-0.3, -0.25) is 9.78 Å². The van der Waals surface area contributed by atoms with Gasteiger partial charge < -0.3 is 5.32 Å². The van der Waals surface area contributed by atoms with Crippen molar-refractivity contribution in [2.75, 3.05) is 7.05 Å². The van der Waals surface area contributed by atoms with Crippen LogP contribution in [0.15, 0.2) is 42.6 Å². The van der Waals surface area contributed by atoms with Crippen molar-refractivity contribution < 1.29 is 4.79 Å². The highest BCUT2D eigenvalue weighted by Crippen LogP contribution is 2.25. The number of nitrogens with zero attached hydrogens (tertiary/aromatic N) is 1. The summed E-state index contributed by atoms with van der Waals surface area (Å²) in [7, 11) is 1.60. The van der Waals surface area contributed by atoms with Crippen molar-refractivity contribution in [1.29, 1.82) is 0 Å². The maximum atomic E-state index is 11.4. The van der Waals surface area contributed by atoms with Gasteiger partial charge in [-0.2, -0.15) is 0 Å². The fourth-order valence-electron chi connectivity index (χ4n) is 1.99. The number of benzene rings is 1. The zero-order valence-corrected chi connectivity index (χ0v) is 12.4. The fraction of sp³-hybridized carbons (Fsp3) is 0.294. The van der Waals surface area contributed by atoms with E-state index < -0.39 is 0 Å². The molecule has 1 aromatic heterocycles. The maximum absolute atomic E-state index is 11.4. The first-order valence-corrected chi connectivity index (χ1v) is 6.71. The van der Waals surface area contributed by atoms with Crippen LogP contribution in [-0.4, -0.2) is 17.9 Å². The first-order chi connectivity index (χ1) is 9.41. The van der Waals surface area contributed by atoms with Gasteiger partial charge in [-0.15, -0.1) is 0 Å². The second-order valence-corrected chi connectivity index (χ2v) is 5.84. The number of hydrogen-bond acceptors (Lipinski definition) is 2. The van der Waals surface area contributed by atoms with E-state index in [0.717, 1.165) is 11.1 Å². The Kier molecular flexibility index (Phi) is 3.89. The quantitative estimate of drug-likeness (QED) is 0.907. The molecule has 1 heterocycles. The molecule has 0 aliphatic heterocycles. The molecule has 0 fully saturated rings. The minimum absolute atomic E-state index is 0.153. The van der Waals surface area contributed by atoms with E-state index in [2.05, 4.69) is 55.3 Å². The predicted octanol–water partition coefficient (Wildman–Crippen LogP) is 3.41. The molecule has 0 spiro atoms. The molecule has 1 amide bonds. The van der Waals surface area contributed by atoms with Crippen molar-refractivity contribution in [2.45, 2.75) is 26.2 Å². The number of carbonyl (C=O) groups is 1. The van der Waals surface area contributed by atoms with Crippen LogP contribution in [0.4, 0.5) is 0 Å². The molecule has 3 heteroatoms. The third kappa shape index (κ3) is 3.05. The summed E-state index contributed by atoms with van der Waals surface area (Å²) < 4.78 is 0. The summed E-state index contributed by atoms with van der Waals surface area (Å²) in [5.41, 5.74) is 4.01. The minimum atomic E-state index is -0.167. The van der Waals surface area contributed by atoms with Gasteiger partial charge in [0.25, 0.3) is 5.91 Å². The van der Waals surface area contributed by atoms with Gasteiger partial charge in [-0.1, -0.05) is 51.1 Å². The summed E-state index contributed by atoms with van der Waals surface area (Å²) in [6, 6.07) is 12.1. The topological polar surface area (TPSA) is 42.0 Å². The Morgan fingerprint density at radius 3 is 2.05 bits per heavy atom. The SMILES string of the molecule is CNC(=O)c1ccc(-c2ccc(C(C)(C)C)cc2)cn1. The number of hydrogen-bond donors (Lipinski definition) is 1. The molecule has 0 aliphatic carbocycles. The maximum Gasteiger partial charge on any atom is 0.269 e. The average molecular weight is 268 g/mol. The summed E-state index contributed by atoms with van der Waals surface area (Å²) in [5, 5.41) is 2.56.